The van der Waals surface area contributed by atoms with Gasteiger partial charge in [-0.25, -0.2) is 4.68 Å². The Bertz CT molecular complexity index is 394. The monoisotopic (exact) mass is 252 g/mol. The maximum atomic E-state index is 5.72. The third-order valence-electron chi connectivity index (χ3n) is 3.90. The van der Waals surface area contributed by atoms with Crippen LogP contribution < -0.4 is 10.5 Å². The van der Waals surface area contributed by atoms with Crippen molar-refractivity contribution in [1.29, 1.82) is 0 Å². The molecule has 5 nitrogen and oxygen atoms in total. The molecule has 0 aliphatic carbocycles. The predicted molar refractivity (Wildman–Crippen MR) is 71.6 cm³/mol. The largest absolute Gasteiger partial charge is 0.481 e. The fourth-order valence-corrected chi connectivity index (χ4v) is 2.72. The molecule has 2 rings (SSSR count). The Morgan fingerprint density at radius 2 is 2.06 bits per heavy atom. The van der Waals surface area contributed by atoms with Gasteiger partial charge in [-0.05, 0) is 45.3 Å². The molecule has 1 aromatic rings. The van der Waals surface area contributed by atoms with Crippen LogP contribution in [0.25, 0.3) is 0 Å². The molecular formula is C13H24N4O. The fourth-order valence-electron chi connectivity index (χ4n) is 2.72. The minimum Gasteiger partial charge on any atom is -0.481 e. The zero-order valence-electron chi connectivity index (χ0n) is 11.6. The summed E-state index contributed by atoms with van der Waals surface area (Å²) in [5.41, 5.74) is 8.00. The maximum absolute atomic E-state index is 5.72. The molecule has 5 heteroatoms. The predicted octanol–water partition coefficient (Wildman–Crippen LogP) is 0.908. The molecule has 0 aromatic carbocycles. The average Bonchev–Trinajstić information content (AvgIpc) is 2.64. The first kappa shape index (κ1) is 13.4. The molecule has 1 aliphatic rings. The van der Waals surface area contributed by atoms with E-state index in [9.17, 15) is 0 Å². The van der Waals surface area contributed by atoms with Crippen molar-refractivity contribution < 1.29 is 4.74 Å². The molecule has 0 saturated carbocycles. The molecule has 1 saturated heterocycles. The van der Waals surface area contributed by atoms with Crippen molar-refractivity contribution in [2.75, 3.05) is 26.7 Å². The Hall–Kier alpha value is -1.07. The van der Waals surface area contributed by atoms with Gasteiger partial charge in [0, 0.05) is 13.6 Å². The van der Waals surface area contributed by atoms with Gasteiger partial charge in [0.2, 0.25) is 5.88 Å². The number of ether oxygens (including phenoxy) is 1. The van der Waals surface area contributed by atoms with Crippen molar-refractivity contribution >= 4 is 0 Å². The van der Waals surface area contributed by atoms with Crippen LogP contribution in [0.1, 0.15) is 24.1 Å². The van der Waals surface area contributed by atoms with Crippen LogP contribution in [0.3, 0.4) is 0 Å². The normalized spacial score (nSPS) is 18.2. The first-order chi connectivity index (χ1) is 8.65. The Labute approximate surface area is 109 Å². The molecule has 0 radical (unpaired) electrons. The molecule has 1 fully saturated rings. The van der Waals surface area contributed by atoms with E-state index in [1.807, 2.05) is 18.7 Å². The van der Waals surface area contributed by atoms with Crippen molar-refractivity contribution in [3.05, 3.63) is 11.3 Å². The van der Waals surface area contributed by atoms with Crippen LogP contribution in [0.4, 0.5) is 0 Å². The van der Waals surface area contributed by atoms with Crippen LogP contribution >= 0.6 is 0 Å². The van der Waals surface area contributed by atoms with E-state index in [-0.39, 0.29) is 0 Å². The highest BCUT2D eigenvalue weighted by Crippen LogP contribution is 2.25. The summed E-state index contributed by atoms with van der Waals surface area (Å²) < 4.78 is 7.25. The molecule has 2 N–H and O–H groups in total. The van der Waals surface area contributed by atoms with Crippen LogP contribution in [-0.4, -0.2) is 41.4 Å². The van der Waals surface area contributed by atoms with E-state index in [4.69, 9.17) is 10.5 Å². The number of hydrogen-bond donors (Lipinski definition) is 1. The minimum atomic E-state index is 0.707. The van der Waals surface area contributed by atoms with Crippen molar-refractivity contribution in [2.24, 2.45) is 18.7 Å². The van der Waals surface area contributed by atoms with E-state index in [0.717, 1.165) is 37.8 Å². The van der Waals surface area contributed by atoms with Gasteiger partial charge in [-0.2, -0.15) is 5.10 Å². The Morgan fingerprint density at radius 1 is 1.39 bits per heavy atom. The number of aryl methyl sites for hydroxylation is 2. The zero-order chi connectivity index (χ0) is 13.1. The molecule has 0 bridgehead atoms. The highest BCUT2D eigenvalue weighted by Gasteiger charge is 2.21. The number of aromatic nitrogens is 2. The zero-order valence-corrected chi connectivity index (χ0v) is 11.6. The second kappa shape index (κ2) is 5.71. The highest BCUT2D eigenvalue weighted by molar-refractivity contribution is 5.30. The third kappa shape index (κ3) is 2.67. The van der Waals surface area contributed by atoms with Crippen LogP contribution in [0.15, 0.2) is 0 Å². The van der Waals surface area contributed by atoms with Gasteiger partial charge in [0.25, 0.3) is 0 Å². The first-order valence-electron chi connectivity index (χ1n) is 6.64. The van der Waals surface area contributed by atoms with Gasteiger partial charge in [0.1, 0.15) is 0 Å². The summed E-state index contributed by atoms with van der Waals surface area (Å²) in [5, 5.41) is 4.42. The summed E-state index contributed by atoms with van der Waals surface area (Å²) in [7, 11) is 3.64. The number of nitrogens with two attached hydrogens (primary N) is 1. The van der Waals surface area contributed by atoms with Crippen molar-refractivity contribution in [3.8, 4) is 5.88 Å². The van der Waals surface area contributed by atoms with E-state index in [2.05, 4.69) is 10.00 Å². The van der Waals surface area contributed by atoms with E-state index < -0.39 is 0 Å². The summed E-state index contributed by atoms with van der Waals surface area (Å²) in [6.45, 7) is 6.05. The van der Waals surface area contributed by atoms with Gasteiger partial charge in [-0.1, -0.05) is 0 Å². The van der Waals surface area contributed by atoms with Crippen molar-refractivity contribution in [2.45, 2.75) is 26.3 Å². The summed E-state index contributed by atoms with van der Waals surface area (Å²) in [6, 6.07) is 0. The maximum Gasteiger partial charge on any atom is 0.216 e. The van der Waals surface area contributed by atoms with Gasteiger partial charge in [0.15, 0.2) is 0 Å². The quantitative estimate of drug-likeness (QED) is 0.865. The van der Waals surface area contributed by atoms with E-state index in [0.29, 0.717) is 5.92 Å². The standard InChI is InChI=1S/C13H24N4O/c1-10-12(13(18-3)16(2)15-10)9-17-6-4-11(8-14)5-7-17/h11H,4-9,14H2,1-3H3. The van der Waals surface area contributed by atoms with Crippen LogP contribution in [0.5, 0.6) is 5.88 Å². The van der Waals surface area contributed by atoms with E-state index >= 15 is 0 Å². The number of nitrogens with zero attached hydrogens (tertiary/aromatic N) is 3. The molecular weight excluding hydrogens is 228 g/mol. The van der Waals surface area contributed by atoms with Gasteiger partial charge in [0.05, 0.1) is 18.4 Å². The number of hydrogen-bond acceptors (Lipinski definition) is 4. The number of likely N-dealkylation sites (tertiary alicyclic amines) is 1. The second-order valence-corrected chi connectivity index (χ2v) is 5.15. The van der Waals surface area contributed by atoms with Gasteiger partial charge >= 0.3 is 0 Å². The van der Waals surface area contributed by atoms with Gasteiger partial charge in [-0.3, -0.25) is 4.90 Å². The lowest BCUT2D eigenvalue weighted by molar-refractivity contribution is 0.178. The lowest BCUT2D eigenvalue weighted by Crippen LogP contribution is -2.35. The van der Waals surface area contributed by atoms with Gasteiger partial charge in [-0.15, -0.1) is 0 Å². The fraction of sp³-hybridized carbons (Fsp3) is 0.769. The lowest BCUT2D eigenvalue weighted by Gasteiger charge is -2.31. The minimum absolute atomic E-state index is 0.707. The SMILES string of the molecule is COc1c(CN2CCC(CN)CC2)c(C)nn1C. The number of piperidine rings is 1. The second-order valence-electron chi connectivity index (χ2n) is 5.15. The molecule has 102 valence electrons. The summed E-state index contributed by atoms with van der Waals surface area (Å²) in [5.74, 6) is 1.59. The molecule has 18 heavy (non-hydrogen) atoms. The van der Waals surface area contributed by atoms with Crippen molar-refractivity contribution in [1.82, 2.24) is 14.7 Å². The van der Waals surface area contributed by atoms with E-state index in [1.165, 1.54) is 18.4 Å². The highest BCUT2D eigenvalue weighted by atomic mass is 16.5. The number of methoxy groups -OCH3 is 1. The van der Waals surface area contributed by atoms with Gasteiger partial charge < -0.3 is 10.5 Å². The lowest BCUT2D eigenvalue weighted by atomic mass is 9.97. The van der Waals surface area contributed by atoms with Crippen molar-refractivity contribution in [3.63, 3.8) is 0 Å². The topological polar surface area (TPSA) is 56.3 Å². The van der Waals surface area contributed by atoms with Crippen LogP contribution in [0.2, 0.25) is 0 Å². The molecule has 1 aliphatic heterocycles. The summed E-state index contributed by atoms with van der Waals surface area (Å²) in [6.07, 6.45) is 2.41. The smallest absolute Gasteiger partial charge is 0.216 e. The molecule has 1 aromatic heterocycles. The Balaban J connectivity index is 2.02. The molecule has 0 spiro atoms. The summed E-state index contributed by atoms with van der Waals surface area (Å²) >= 11 is 0. The Kier molecular flexibility index (Phi) is 4.24. The molecule has 0 amide bonds. The molecule has 0 unspecified atom stereocenters. The average molecular weight is 252 g/mol. The third-order valence-corrected chi connectivity index (χ3v) is 3.90. The first-order valence-corrected chi connectivity index (χ1v) is 6.64. The molecule has 0 atom stereocenters. The Morgan fingerprint density at radius 3 is 2.61 bits per heavy atom. The summed E-state index contributed by atoms with van der Waals surface area (Å²) in [4.78, 5) is 2.47. The molecule has 2 heterocycles. The van der Waals surface area contributed by atoms with Crippen LogP contribution in [-0.2, 0) is 13.6 Å². The number of rotatable bonds is 4. The van der Waals surface area contributed by atoms with E-state index in [1.54, 1.807) is 7.11 Å². The van der Waals surface area contributed by atoms with Crippen LogP contribution in [0, 0.1) is 12.8 Å².